The number of aliphatic imine (C=N–C) groups is 1. The summed E-state index contributed by atoms with van der Waals surface area (Å²) in [5.74, 6) is 0. The number of rotatable bonds is 3. The van der Waals surface area contributed by atoms with Gasteiger partial charge >= 0.3 is 0 Å². The Bertz CT molecular complexity index is 403. The number of nitrogens with two attached hydrogens (primary N) is 1. The first-order chi connectivity index (χ1) is 7.16. The van der Waals surface area contributed by atoms with Gasteiger partial charge in [0.15, 0.2) is 0 Å². The predicted molar refractivity (Wildman–Crippen MR) is 71.6 cm³/mol. The van der Waals surface area contributed by atoms with Crippen LogP contribution in [0.25, 0.3) is 0 Å². The van der Waals surface area contributed by atoms with E-state index in [1.165, 1.54) is 0 Å². The molecular weight excluding hydrogens is 195 g/mol. The number of nitrogens with zero attached hydrogens (tertiary/aromatic N) is 1. The standard InChI is InChI=1S/C13H19BN2/c1-12(2,15)9-6-10(8-11(14)7-9)13(3,4)16-5/h6-8H,5,15H2,1-4H3. The van der Waals surface area contributed by atoms with E-state index in [1.54, 1.807) is 0 Å². The minimum Gasteiger partial charge on any atom is -0.322 e. The van der Waals surface area contributed by atoms with Gasteiger partial charge in [-0.05, 0) is 45.5 Å². The molecule has 0 aliphatic carbocycles. The van der Waals surface area contributed by atoms with E-state index in [-0.39, 0.29) is 5.54 Å². The van der Waals surface area contributed by atoms with E-state index in [0.717, 1.165) is 11.1 Å². The summed E-state index contributed by atoms with van der Waals surface area (Å²) in [7, 11) is 5.89. The fourth-order valence-corrected chi connectivity index (χ4v) is 1.47. The summed E-state index contributed by atoms with van der Waals surface area (Å²) in [6.07, 6.45) is 0. The van der Waals surface area contributed by atoms with E-state index in [1.807, 2.05) is 45.9 Å². The second-order valence-electron chi connectivity index (χ2n) is 5.28. The van der Waals surface area contributed by atoms with E-state index >= 15 is 0 Å². The third-order valence-corrected chi connectivity index (χ3v) is 2.80. The molecule has 0 unspecified atom stereocenters. The van der Waals surface area contributed by atoms with Gasteiger partial charge in [0, 0.05) is 5.54 Å². The maximum Gasteiger partial charge on any atom is 0.113 e. The van der Waals surface area contributed by atoms with Crippen LogP contribution in [0, 0.1) is 0 Å². The Labute approximate surface area is 99.4 Å². The van der Waals surface area contributed by atoms with Crippen molar-refractivity contribution in [3.05, 3.63) is 29.3 Å². The molecule has 2 nitrogen and oxygen atoms in total. The van der Waals surface area contributed by atoms with E-state index in [9.17, 15) is 0 Å². The Kier molecular flexibility index (Phi) is 3.29. The highest BCUT2D eigenvalue weighted by Crippen LogP contribution is 2.26. The average Bonchev–Trinajstić information content (AvgIpc) is 2.15. The Morgan fingerprint density at radius 2 is 1.62 bits per heavy atom. The van der Waals surface area contributed by atoms with Crippen molar-refractivity contribution >= 4 is 20.0 Å². The zero-order chi connectivity index (χ0) is 12.6. The second-order valence-corrected chi connectivity index (χ2v) is 5.28. The second kappa shape index (κ2) is 4.06. The van der Waals surface area contributed by atoms with Crippen LogP contribution in [0.1, 0.15) is 38.8 Å². The topological polar surface area (TPSA) is 38.4 Å². The minimum atomic E-state index is -0.401. The summed E-state index contributed by atoms with van der Waals surface area (Å²) in [6, 6.07) is 5.87. The van der Waals surface area contributed by atoms with Crippen molar-refractivity contribution in [2.75, 3.05) is 0 Å². The van der Waals surface area contributed by atoms with Crippen molar-refractivity contribution in [1.82, 2.24) is 0 Å². The van der Waals surface area contributed by atoms with Crippen LogP contribution in [0.2, 0.25) is 0 Å². The van der Waals surface area contributed by atoms with Crippen LogP contribution in [0.15, 0.2) is 23.2 Å². The first-order valence-corrected chi connectivity index (χ1v) is 5.35. The van der Waals surface area contributed by atoms with E-state index < -0.39 is 5.54 Å². The lowest BCUT2D eigenvalue weighted by Crippen LogP contribution is -2.31. The largest absolute Gasteiger partial charge is 0.322 e. The van der Waals surface area contributed by atoms with E-state index in [2.05, 4.69) is 11.7 Å². The molecule has 0 spiro atoms. The van der Waals surface area contributed by atoms with Gasteiger partial charge in [0.1, 0.15) is 7.85 Å². The molecule has 1 aromatic rings. The quantitative estimate of drug-likeness (QED) is 0.602. The molecule has 0 heterocycles. The van der Waals surface area contributed by atoms with Crippen LogP contribution in [0.5, 0.6) is 0 Å². The molecule has 0 saturated heterocycles. The first-order valence-electron chi connectivity index (χ1n) is 5.35. The maximum absolute atomic E-state index is 6.08. The zero-order valence-corrected chi connectivity index (χ0v) is 10.5. The van der Waals surface area contributed by atoms with Gasteiger partial charge < -0.3 is 5.73 Å². The van der Waals surface area contributed by atoms with Crippen LogP contribution in [0.4, 0.5) is 0 Å². The third kappa shape index (κ3) is 2.73. The number of hydrogen-bond acceptors (Lipinski definition) is 2. The van der Waals surface area contributed by atoms with E-state index in [4.69, 9.17) is 13.6 Å². The molecule has 0 saturated carbocycles. The Hall–Kier alpha value is -1.09. The highest BCUT2D eigenvalue weighted by Gasteiger charge is 2.21. The van der Waals surface area contributed by atoms with Gasteiger partial charge in [-0.25, -0.2) is 0 Å². The van der Waals surface area contributed by atoms with Crippen LogP contribution in [-0.4, -0.2) is 14.6 Å². The SMILES string of the molecule is [B]c1cc(C(C)(C)N)cc(C(C)(C)N=C)c1. The van der Waals surface area contributed by atoms with Crippen molar-refractivity contribution < 1.29 is 0 Å². The molecule has 2 radical (unpaired) electrons. The lowest BCUT2D eigenvalue weighted by molar-refractivity contribution is 0.539. The summed E-state index contributed by atoms with van der Waals surface area (Å²) < 4.78 is 0. The van der Waals surface area contributed by atoms with Gasteiger partial charge in [0.2, 0.25) is 0 Å². The molecule has 0 bridgehead atoms. The van der Waals surface area contributed by atoms with Crippen LogP contribution in [0.3, 0.4) is 0 Å². The zero-order valence-electron chi connectivity index (χ0n) is 10.5. The van der Waals surface area contributed by atoms with Crippen molar-refractivity contribution in [3.63, 3.8) is 0 Å². The lowest BCUT2D eigenvalue weighted by atomic mass is 9.82. The fourth-order valence-electron chi connectivity index (χ4n) is 1.47. The minimum absolute atomic E-state index is 0.338. The summed E-state index contributed by atoms with van der Waals surface area (Å²) in [4.78, 5) is 4.11. The molecule has 0 aromatic heterocycles. The van der Waals surface area contributed by atoms with Gasteiger partial charge in [-0.3, -0.25) is 4.99 Å². The third-order valence-electron chi connectivity index (χ3n) is 2.80. The van der Waals surface area contributed by atoms with Gasteiger partial charge in [0.05, 0.1) is 5.54 Å². The molecule has 2 N–H and O–H groups in total. The molecule has 1 rings (SSSR count). The summed E-state index contributed by atoms with van der Waals surface area (Å²) in [6.45, 7) is 11.5. The van der Waals surface area contributed by atoms with Crippen molar-refractivity contribution in [2.24, 2.45) is 10.7 Å². The normalized spacial score (nSPS) is 12.6. The van der Waals surface area contributed by atoms with Crippen LogP contribution < -0.4 is 11.2 Å². The van der Waals surface area contributed by atoms with Gasteiger partial charge in [-0.15, -0.1) is 0 Å². The molecule has 0 fully saturated rings. The average molecular weight is 214 g/mol. The molecule has 16 heavy (non-hydrogen) atoms. The number of benzene rings is 1. The van der Waals surface area contributed by atoms with Crippen LogP contribution >= 0.6 is 0 Å². The monoisotopic (exact) mass is 214 g/mol. The van der Waals surface area contributed by atoms with Crippen molar-refractivity contribution in [3.8, 4) is 0 Å². The van der Waals surface area contributed by atoms with Gasteiger partial charge in [-0.2, -0.15) is 0 Å². The predicted octanol–water partition coefficient (Wildman–Crippen LogP) is 1.61. The van der Waals surface area contributed by atoms with Gasteiger partial charge in [-0.1, -0.05) is 23.7 Å². The van der Waals surface area contributed by atoms with Crippen molar-refractivity contribution in [2.45, 2.75) is 38.8 Å². The molecule has 0 amide bonds. The lowest BCUT2D eigenvalue weighted by Gasteiger charge is -2.25. The Morgan fingerprint density at radius 3 is 2.06 bits per heavy atom. The highest BCUT2D eigenvalue weighted by atomic mass is 14.8. The summed E-state index contributed by atoms with van der Waals surface area (Å²) in [5, 5.41) is 0. The molecule has 0 aliphatic rings. The van der Waals surface area contributed by atoms with Crippen molar-refractivity contribution in [1.29, 1.82) is 0 Å². The molecule has 0 aliphatic heterocycles. The smallest absolute Gasteiger partial charge is 0.113 e. The molecule has 3 heteroatoms. The maximum atomic E-state index is 6.08. The number of hydrogen-bond donors (Lipinski definition) is 1. The molecule has 84 valence electrons. The van der Waals surface area contributed by atoms with Gasteiger partial charge in [0.25, 0.3) is 0 Å². The Balaban J connectivity index is 3.34. The molecular formula is C13H19BN2. The first kappa shape index (κ1) is 13.0. The molecule has 0 atom stereocenters. The fraction of sp³-hybridized carbons (Fsp3) is 0.462. The summed E-state index contributed by atoms with van der Waals surface area (Å²) >= 11 is 0. The highest BCUT2D eigenvalue weighted by molar-refractivity contribution is 6.32. The van der Waals surface area contributed by atoms with Crippen LogP contribution in [-0.2, 0) is 11.1 Å². The van der Waals surface area contributed by atoms with E-state index in [0.29, 0.717) is 5.46 Å². The summed E-state index contributed by atoms with van der Waals surface area (Å²) in [5.41, 5.74) is 8.10. The Morgan fingerprint density at radius 1 is 1.12 bits per heavy atom. The molecule has 1 aromatic carbocycles.